The van der Waals surface area contributed by atoms with Gasteiger partial charge >= 0.3 is 5.95 Å². The van der Waals surface area contributed by atoms with E-state index in [1.54, 1.807) is 0 Å². The van der Waals surface area contributed by atoms with Gasteiger partial charge in [-0.1, -0.05) is 42.5 Å². The molecule has 2 aromatic carbocycles. The molecule has 1 aromatic heterocycles. The summed E-state index contributed by atoms with van der Waals surface area (Å²) < 4.78 is 10.6. The van der Waals surface area contributed by atoms with Gasteiger partial charge in [0.1, 0.15) is 5.58 Å². The molecule has 0 bridgehead atoms. The van der Waals surface area contributed by atoms with Gasteiger partial charge in [-0.25, -0.2) is 0 Å². The standard InChI is InChI=1S/C17H12O3/c18-15-14-12(10-9-11-5-2-1-3-6-11)7-4-8-13(14)19-17-16(15)20-17/h1-8H,9-10H2. The van der Waals surface area contributed by atoms with E-state index >= 15 is 0 Å². The molecule has 0 amide bonds. The second kappa shape index (κ2) is 4.23. The summed E-state index contributed by atoms with van der Waals surface area (Å²) in [5.74, 6) is 0.729. The molecule has 0 aliphatic carbocycles. The summed E-state index contributed by atoms with van der Waals surface area (Å²) in [6.07, 6.45) is 1.71. The Labute approximate surface area is 115 Å². The minimum Gasteiger partial charge on any atom is -0.422 e. The SMILES string of the molecule is O=c1c2c(oc3cccc(CCc4ccccc4)c13)O2. The first-order chi connectivity index (χ1) is 9.83. The van der Waals surface area contributed by atoms with Crippen LogP contribution in [0, 0.1) is 0 Å². The highest BCUT2D eigenvalue weighted by Crippen LogP contribution is 2.43. The minimum atomic E-state index is -0.0510. The fourth-order valence-corrected chi connectivity index (χ4v) is 2.54. The summed E-state index contributed by atoms with van der Waals surface area (Å²) in [6.45, 7) is 0. The highest BCUT2D eigenvalue weighted by Gasteiger charge is 2.31. The molecule has 20 heavy (non-hydrogen) atoms. The molecule has 2 heterocycles. The van der Waals surface area contributed by atoms with Gasteiger partial charge in [-0.3, -0.25) is 4.79 Å². The molecular formula is C17H12O3. The number of fused-ring (bicyclic) bond motifs is 2. The highest BCUT2D eigenvalue weighted by molar-refractivity contribution is 5.83. The molecule has 3 aromatic rings. The van der Waals surface area contributed by atoms with Crippen LogP contribution >= 0.6 is 0 Å². The third kappa shape index (κ3) is 1.79. The Hall–Kier alpha value is -2.55. The summed E-state index contributed by atoms with van der Waals surface area (Å²) in [5, 5.41) is 0.652. The summed E-state index contributed by atoms with van der Waals surface area (Å²) in [5.41, 5.74) is 2.83. The lowest BCUT2D eigenvalue weighted by Gasteiger charge is -2.04. The van der Waals surface area contributed by atoms with Crippen molar-refractivity contribution in [2.75, 3.05) is 0 Å². The molecule has 3 heteroatoms. The van der Waals surface area contributed by atoms with E-state index in [0.717, 1.165) is 18.4 Å². The predicted octanol–water partition coefficient (Wildman–Crippen LogP) is 3.68. The van der Waals surface area contributed by atoms with Crippen LogP contribution in [0.4, 0.5) is 0 Å². The molecule has 0 radical (unpaired) electrons. The fraction of sp³-hybridized carbons (Fsp3) is 0.118. The summed E-state index contributed by atoms with van der Waals surface area (Å²) in [4.78, 5) is 12.2. The Balaban J connectivity index is 1.74. The lowest BCUT2D eigenvalue weighted by atomic mass is 10.0. The van der Waals surface area contributed by atoms with E-state index in [0.29, 0.717) is 22.7 Å². The zero-order valence-corrected chi connectivity index (χ0v) is 10.8. The van der Waals surface area contributed by atoms with Gasteiger partial charge in [0.25, 0.3) is 5.75 Å². The second-order valence-electron chi connectivity index (χ2n) is 4.93. The van der Waals surface area contributed by atoms with Crippen molar-refractivity contribution >= 4 is 11.0 Å². The van der Waals surface area contributed by atoms with Gasteiger partial charge in [-0.15, -0.1) is 0 Å². The van der Waals surface area contributed by atoms with Crippen LogP contribution in [0.25, 0.3) is 11.0 Å². The first kappa shape index (κ1) is 11.3. The maximum absolute atomic E-state index is 12.2. The number of hydrogen-bond donors (Lipinski definition) is 0. The normalized spacial score (nSPS) is 12.0. The maximum atomic E-state index is 12.2. The van der Waals surface area contributed by atoms with Gasteiger partial charge in [0.2, 0.25) is 5.43 Å². The highest BCUT2D eigenvalue weighted by atomic mass is 16.7. The Bertz CT molecular complexity index is 847. The van der Waals surface area contributed by atoms with E-state index in [1.807, 2.05) is 36.4 Å². The zero-order chi connectivity index (χ0) is 13.5. The largest absolute Gasteiger partial charge is 0.422 e. The summed E-state index contributed by atoms with van der Waals surface area (Å²) in [7, 11) is 0. The average molecular weight is 264 g/mol. The lowest BCUT2D eigenvalue weighted by molar-refractivity contribution is 0.491. The van der Waals surface area contributed by atoms with Gasteiger partial charge in [0, 0.05) is 0 Å². The van der Waals surface area contributed by atoms with Crippen LogP contribution in [-0.4, -0.2) is 0 Å². The Kier molecular flexibility index (Phi) is 2.39. The molecule has 98 valence electrons. The Morgan fingerprint density at radius 2 is 1.75 bits per heavy atom. The molecule has 0 atom stereocenters. The summed E-state index contributed by atoms with van der Waals surface area (Å²) >= 11 is 0. The van der Waals surface area contributed by atoms with E-state index < -0.39 is 0 Å². The number of benzene rings is 2. The maximum Gasteiger partial charge on any atom is 0.340 e. The topological polar surface area (TPSA) is 42.7 Å². The van der Waals surface area contributed by atoms with Crippen LogP contribution in [0.15, 0.2) is 57.7 Å². The van der Waals surface area contributed by atoms with E-state index in [-0.39, 0.29) is 5.43 Å². The quantitative estimate of drug-likeness (QED) is 0.530. The first-order valence-corrected chi connectivity index (χ1v) is 6.63. The molecule has 3 nitrogen and oxygen atoms in total. The fourth-order valence-electron chi connectivity index (χ4n) is 2.54. The van der Waals surface area contributed by atoms with Gasteiger partial charge in [0.05, 0.1) is 5.39 Å². The molecule has 0 fully saturated rings. The van der Waals surface area contributed by atoms with Crippen LogP contribution in [0.1, 0.15) is 11.1 Å². The van der Waals surface area contributed by atoms with Crippen molar-refractivity contribution in [3.63, 3.8) is 0 Å². The van der Waals surface area contributed by atoms with Gasteiger partial charge in [0.15, 0.2) is 0 Å². The average Bonchev–Trinajstić information content (AvgIpc) is 3.26. The van der Waals surface area contributed by atoms with Crippen LogP contribution in [-0.2, 0) is 12.8 Å². The molecule has 0 unspecified atom stereocenters. The van der Waals surface area contributed by atoms with Gasteiger partial charge in [-0.05, 0) is 30.0 Å². The monoisotopic (exact) mass is 264 g/mol. The first-order valence-electron chi connectivity index (χ1n) is 6.63. The molecule has 0 saturated heterocycles. The van der Waals surface area contributed by atoms with E-state index in [9.17, 15) is 4.79 Å². The van der Waals surface area contributed by atoms with Gasteiger partial charge in [-0.2, -0.15) is 0 Å². The third-order valence-corrected chi connectivity index (χ3v) is 3.61. The van der Waals surface area contributed by atoms with Crippen molar-refractivity contribution in [3.05, 3.63) is 69.9 Å². The van der Waals surface area contributed by atoms with Crippen LogP contribution in [0.5, 0.6) is 11.7 Å². The lowest BCUT2D eigenvalue weighted by Crippen LogP contribution is -2.01. The number of aryl methyl sites for hydroxylation is 2. The molecule has 0 spiro atoms. The van der Waals surface area contributed by atoms with Crippen molar-refractivity contribution in [1.82, 2.24) is 0 Å². The van der Waals surface area contributed by atoms with E-state index in [2.05, 4.69) is 12.1 Å². The van der Waals surface area contributed by atoms with Crippen molar-refractivity contribution < 1.29 is 9.15 Å². The molecular weight excluding hydrogens is 252 g/mol. The number of ether oxygens (including phenoxy) is 1. The van der Waals surface area contributed by atoms with Crippen molar-refractivity contribution in [2.24, 2.45) is 0 Å². The number of hydrogen-bond acceptors (Lipinski definition) is 3. The second-order valence-corrected chi connectivity index (χ2v) is 4.93. The zero-order valence-electron chi connectivity index (χ0n) is 10.8. The van der Waals surface area contributed by atoms with Gasteiger partial charge < -0.3 is 9.15 Å². The molecule has 0 N–H and O–H groups in total. The van der Waals surface area contributed by atoms with Crippen LogP contribution in [0.3, 0.4) is 0 Å². The smallest absolute Gasteiger partial charge is 0.340 e. The number of rotatable bonds is 3. The molecule has 1 aliphatic heterocycles. The molecule has 4 rings (SSSR count). The Morgan fingerprint density at radius 3 is 2.60 bits per heavy atom. The molecule has 0 saturated carbocycles. The Morgan fingerprint density at radius 1 is 0.900 bits per heavy atom. The van der Waals surface area contributed by atoms with Crippen molar-refractivity contribution in [3.8, 4) is 11.7 Å². The van der Waals surface area contributed by atoms with E-state index in [4.69, 9.17) is 9.15 Å². The van der Waals surface area contributed by atoms with Crippen molar-refractivity contribution in [1.29, 1.82) is 0 Å². The minimum absolute atomic E-state index is 0.0510. The summed E-state index contributed by atoms with van der Waals surface area (Å²) in [6, 6.07) is 16.0. The van der Waals surface area contributed by atoms with Crippen molar-refractivity contribution in [2.45, 2.75) is 12.8 Å². The third-order valence-electron chi connectivity index (χ3n) is 3.61. The van der Waals surface area contributed by atoms with Crippen LogP contribution < -0.4 is 10.2 Å². The van der Waals surface area contributed by atoms with E-state index in [1.165, 1.54) is 5.56 Å². The molecule has 1 aliphatic rings. The predicted molar refractivity (Wildman–Crippen MR) is 76.4 cm³/mol. The van der Waals surface area contributed by atoms with Crippen LogP contribution in [0.2, 0.25) is 0 Å².